The molecule has 1 aliphatic carbocycles. The van der Waals surface area contributed by atoms with Crippen molar-refractivity contribution >= 4 is 5.91 Å². The molecule has 0 spiro atoms. The third-order valence-electron chi connectivity index (χ3n) is 4.21. The number of rotatable bonds is 6. The van der Waals surface area contributed by atoms with Crippen LogP contribution in [0.5, 0.6) is 5.75 Å². The van der Waals surface area contributed by atoms with Gasteiger partial charge in [-0.05, 0) is 51.3 Å². The Morgan fingerprint density at radius 3 is 2.76 bits per heavy atom. The van der Waals surface area contributed by atoms with Crippen LogP contribution in [0.2, 0.25) is 0 Å². The van der Waals surface area contributed by atoms with Crippen LogP contribution in [0.1, 0.15) is 31.7 Å². The molecule has 0 bridgehead atoms. The summed E-state index contributed by atoms with van der Waals surface area (Å²) in [6.45, 7) is 5.10. The lowest BCUT2D eigenvalue weighted by Crippen LogP contribution is -2.42. The molecule has 0 aliphatic heterocycles. The number of aryl methyl sites for hydroxylation is 1. The lowest BCUT2D eigenvalue weighted by Gasteiger charge is -2.21. The molecule has 3 atom stereocenters. The molecule has 0 radical (unpaired) electrons. The van der Waals surface area contributed by atoms with Crippen molar-refractivity contribution in [1.82, 2.24) is 5.32 Å². The fraction of sp³-hybridized carbons (Fsp3) is 0.588. The summed E-state index contributed by atoms with van der Waals surface area (Å²) < 4.78 is 5.70. The van der Waals surface area contributed by atoms with Crippen molar-refractivity contribution < 1.29 is 9.53 Å². The fourth-order valence-electron chi connectivity index (χ4n) is 2.91. The molecule has 1 aromatic carbocycles. The van der Waals surface area contributed by atoms with Crippen molar-refractivity contribution in [3.8, 4) is 5.75 Å². The predicted molar refractivity (Wildman–Crippen MR) is 84.2 cm³/mol. The first-order valence-electron chi connectivity index (χ1n) is 7.80. The summed E-state index contributed by atoms with van der Waals surface area (Å²) in [6.07, 6.45) is 3.14. The van der Waals surface area contributed by atoms with Gasteiger partial charge in [0, 0.05) is 5.92 Å². The number of nitrogens with one attached hydrogen (secondary N) is 1. The second kappa shape index (κ2) is 7.46. The van der Waals surface area contributed by atoms with Gasteiger partial charge >= 0.3 is 0 Å². The number of carbonyl (C=O) groups is 1. The van der Waals surface area contributed by atoms with E-state index in [0.29, 0.717) is 19.1 Å². The average Bonchev–Trinajstić information content (AvgIpc) is 2.95. The van der Waals surface area contributed by atoms with Crippen molar-refractivity contribution in [2.75, 3.05) is 13.2 Å². The molecule has 0 saturated heterocycles. The van der Waals surface area contributed by atoms with Gasteiger partial charge in [-0.25, -0.2) is 0 Å². The van der Waals surface area contributed by atoms with E-state index in [-0.39, 0.29) is 17.9 Å². The van der Waals surface area contributed by atoms with E-state index in [1.54, 1.807) is 0 Å². The zero-order chi connectivity index (χ0) is 15.2. The van der Waals surface area contributed by atoms with Crippen LogP contribution in [0.15, 0.2) is 24.3 Å². The normalized spacial score (nSPS) is 22.8. The molecular weight excluding hydrogens is 264 g/mol. The maximum absolute atomic E-state index is 12.3. The van der Waals surface area contributed by atoms with Crippen LogP contribution in [0, 0.1) is 18.8 Å². The molecule has 4 heteroatoms. The van der Waals surface area contributed by atoms with Crippen molar-refractivity contribution in [1.29, 1.82) is 0 Å². The monoisotopic (exact) mass is 290 g/mol. The molecule has 1 amide bonds. The number of hydrogen-bond acceptors (Lipinski definition) is 3. The highest BCUT2D eigenvalue weighted by atomic mass is 16.5. The van der Waals surface area contributed by atoms with E-state index in [0.717, 1.165) is 25.0 Å². The quantitative estimate of drug-likeness (QED) is 0.844. The standard InChI is InChI=1S/C17H26N2O2/c1-12-6-8-15(9-7-12)21-11-13(2)19-17(20)16-5-3-4-14(16)10-18/h6-9,13-14,16H,3-5,10-11,18H2,1-2H3,(H,19,20). The number of nitrogens with two attached hydrogens (primary N) is 1. The third kappa shape index (κ3) is 4.46. The summed E-state index contributed by atoms with van der Waals surface area (Å²) in [4.78, 5) is 12.3. The van der Waals surface area contributed by atoms with Gasteiger partial charge in [0.25, 0.3) is 0 Å². The Bertz CT molecular complexity index is 458. The molecule has 1 fully saturated rings. The fourth-order valence-corrected chi connectivity index (χ4v) is 2.91. The Morgan fingerprint density at radius 1 is 1.38 bits per heavy atom. The minimum atomic E-state index is -0.00201. The van der Waals surface area contributed by atoms with E-state index < -0.39 is 0 Å². The summed E-state index contributed by atoms with van der Waals surface area (Å²) in [7, 11) is 0. The van der Waals surface area contributed by atoms with Crippen LogP contribution in [0.3, 0.4) is 0 Å². The molecule has 3 N–H and O–H groups in total. The second-order valence-corrected chi connectivity index (χ2v) is 6.07. The number of hydrogen-bond donors (Lipinski definition) is 2. The van der Waals surface area contributed by atoms with Gasteiger partial charge in [0.2, 0.25) is 5.91 Å². The molecule has 1 aromatic rings. The summed E-state index contributed by atoms with van der Waals surface area (Å²) in [5.41, 5.74) is 6.94. The maximum Gasteiger partial charge on any atom is 0.223 e. The molecule has 1 saturated carbocycles. The Balaban J connectivity index is 1.77. The topological polar surface area (TPSA) is 64.3 Å². The lowest BCUT2D eigenvalue weighted by molar-refractivity contribution is -0.126. The first kappa shape index (κ1) is 15.8. The first-order chi connectivity index (χ1) is 10.1. The molecule has 21 heavy (non-hydrogen) atoms. The molecule has 4 nitrogen and oxygen atoms in total. The maximum atomic E-state index is 12.3. The van der Waals surface area contributed by atoms with Crippen LogP contribution in [0.25, 0.3) is 0 Å². The van der Waals surface area contributed by atoms with Crippen molar-refractivity contribution in [2.45, 2.75) is 39.2 Å². The van der Waals surface area contributed by atoms with E-state index in [1.165, 1.54) is 5.56 Å². The van der Waals surface area contributed by atoms with Crippen LogP contribution in [-0.2, 0) is 4.79 Å². The summed E-state index contributed by atoms with van der Waals surface area (Å²) in [6, 6.07) is 7.93. The third-order valence-corrected chi connectivity index (χ3v) is 4.21. The van der Waals surface area contributed by atoms with E-state index in [4.69, 9.17) is 10.5 Å². The van der Waals surface area contributed by atoms with Gasteiger partial charge in [-0.15, -0.1) is 0 Å². The predicted octanol–water partition coefficient (Wildman–Crippen LogP) is 2.25. The van der Waals surface area contributed by atoms with Gasteiger partial charge in [0.05, 0.1) is 6.04 Å². The largest absolute Gasteiger partial charge is 0.491 e. The zero-order valence-corrected chi connectivity index (χ0v) is 13.0. The van der Waals surface area contributed by atoms with Crippen LogP contribution in [0.4, 0.5) is 0 Å². The van der Waals surface area contributed by atoms with Gasteiger partial charge in [-0.1, -0.05) is 24.1 Å². The minimum absolute atomic E-state index is 0.00201. The number of benzene rings is 1. The van der Waals surface area contributed by atoms with Gasteiger partial charge < -0.3 is 15.8 Å². The van der Waals surface area contributed by atoms with Gasteiger partial charge in [-0.2, -0.15) is 0 Å². The molecule has 1 aliphatic rings. The highest BCUT2D eigenvalue weighted by Crippen LogP contribution is 2.31. The van der Waals surface area contributed by atoms with Crippen LogP contribution < -0.4 is 15.8 Å². The molecule has 0 heterocycles. The van der Waals surface area contributed by atoms with E-state index in [9.17, 15) is 4.79 Å². The second-order valence-electron chi connectivity index (χ2n) is 6.07. The van der Waals surface area contributed by atoms with E-state index in [1.807, 2.05) is 38.1 Å². The first-order valence-corrected chi connectivity index (χ1v) is 7.80. The number of carbonyl (C=O) groups excluding carboxylic acids is 1. The molecular formula is C17H26N2O2. The van der Waals surface area contributed by atoms with Gasteiger partial charge in [0.1, 0.15) is 12.4 Å². The number of ether oxygens (including phenoxy) is 1. The Morgan fingerprint density at radius 2 is 2.10 bits per heavy atom. The Labute approximate surface area is 127 Å². The summed E-state index contributed by atoms with van der Waals surface area (Å²) in [5, 5.41) is 3.05. The molecule has 2 rings (SSSR count). The zero-order valence-electron chi connectivity index (χ0n) is 13.0. The van der Waals surface area contributed by atoms with Crippen LogP contribution >= 0.6 is 0 Å². The van der Waals surface area contributed by atoms with Crippen molar-refractivity contribution in [3.05, 3.63) is 29.8 Å². The van der Waals surface area contributed by atoms with Gasteiger partial charge in [0.15, 0.2) is 0 Å². The Hall–Kier alpha value is -1.55. The Kier molecular flexibility index (Phi) is 5.62. The van der Waals surface area contributed by atoms with E-state index in [2.05, 4.69) is 5.32 Å². The minimum Gasteiger partial charge on any atom is -0.491 e. The SMILES string of the molecule is Cc1ccc(OCC(C)NC(=O)C2CCCC2CN)cc1. The van der Waals surface area contributed by atoms with Crippen molar-refractivity contribution in [2.24, 2.45) is 17.6 Å². The molecule has 116 valence electrons. The van der Waals surface area contributed by atoms with Crippen molar-refractivity contribution in [3.63, 3.8) is 0 Å². The molecule has 3 unspecified atom stereocenters. The summed E-state index contributed by atoms with van der Waals surface area (Å²) >= 11 is 0. The highest BCUT2D eigenvalue weighted by Gasteiger charge is 2.32. The molecule has 0 aromatic heterocycles. The lowest BCUT2D eigenvalue weighted by atomic mass is 9.95. The van der Waals surface area contributed by atoms with Gasteiger partial charge in [-0.3, -0.25) is 4.79 Å². The van der Waals surface area contributed by atoms with Crippen LogP contribution in [-0.4, -0.2) is 25.1 Å². The van der Waals surface area contributed by atoms with E-state index >= 15 is 0 Å². The number of amides is 1. The summed E-state index contributed by atoms with van der Waals surface area (Å²) in [5.74, 6) is 1.39. The smallest absolute Gasteiger partial charge is 0.223 e. The average molecular weight is 290 g/mol. The highest BCUT2D eigenvalue weighted by molar-refractivity contribution is 5.79.